The lowest BCUT2D eigenvalue weighted by atomic mass is 10.0. The van der Waals surface area contributed by atoms with Gasteiger partial charge in [0.05, 0.1) is 5.39 Å². The molecule has 0 atom stereocenters. The molecule has 2 heterocycles. The van der Waals surface area contributed by atoms with E-state index in [1.165, 1.54) is 36.4 Å². The third-order valence-corrected chi connectivity index (χ3v) is 4.87. The second kappa shape index (κ2) is 8.58. The first kappa shape index (κ1) is 21.2. The van der Waals surface area contributed by atoms with Gasteiger partial charge < -0.3 is 9.47 Å². The van der Waals surface area contributed by atoms with Crippen molar-refractivity contribution in [1.82, 2.24) is 14.8 Å². The van der Waals surface area contributed by atoms with Crippen molar-refractivity contribution in [2.45, 2.75) is 13.8 Å². The molecule has 7 nitrogen and oxygen atoms in total. The summed E-state index contributed by atoms with van der Waals surface area (Å²) in [6.07, 6.45) is 0. The van der Waals surface area contributed by atoms with Crippen LogP contribution in [0.3, 0.4) is 0 Å². The third kappa shape index (κ3) is 4.34. The van der Waals surface area contributed by atoms with Crippen molar-refractivity contribution in [3.05, 3.63) is 82.8 Å². The van der Waals surface area contributed by atoms with Crippen LogP contribution in [0.25, 0.3) is 11.0 Å². The average molecular weight is 433 g/mol. The van der Waals surface area contributed by atoms with Gasteiger partial charge in [-0.2, -0.15) is 0 Å². The summed E-state index contributed by atoms with van der Waals surface area (Å²) in [5.74, 6) is -0.698. The van der Waals surface area contributed by atoms with Gasteiger partial charge in [0, 0.05) is 23.9 Å². The van der Waals surface area contributed by atoms with Gasteiger partial charge in [0.15, 0.2) is 18.0 Å². The Morgan fingerprint density at radius 3 is 2.28 bits per heavy atom. The number of halogens is 1. The summed E-state index contributed by atoms with van der Waals surface area (Å²) in [6, 6.07) is 13.3. The molecule has 162 valence electrons. The minimum absolute atomic E-state index is 0.257. The van der Waals surface area contributed by atoms with Crippen molar-refractivity contribution < 1.29 is 23.5 Å². The number of ether oxygens (including phenoxy) is 2. The molecule has 4 rings (SSSR count). The number of aryl methyl sites for hydroxylation is 3. The highest BCUT2D eigenvalue weighted by Crippen LogP contribution is 2.27. The lowest BCUT2D eigenvalue weighted by Crippen LogP contribution is -2.18. The zero-order chi connectivity index (χ0) is 22.8. The Labute approximate surface area is 183 Å². The number of pyridine rings is 1. The number of esters is 1. The maximum Gasteiger partial charge on any atom is 0.349 e. The second-order valence-corrected chi connectivity index (χ2v) is 7.33. The number of nitrogens with zero attached hydrogens (tertiary/aromatic N) is 3. The van der Waals surface area contributed by atoms with Crippen LogP contribution in [0, 0.1) is 19.7 Å². The van der Waals surface area contributed by atoms with Gasteiger partial charge in [-0.1, -0.05) is 0 Å². The van der Waals surface area contributed by atoms with E-state index in [9.17, 15) is 14.0 Å². The largest absolute Gasteiger partial charge is 0.464 e. The molecule has 0 aliphatic carbocycles. The van der Waals surface area contributed by atoms with Crippen LogP contribution in [0.5, 0.6) is 11.6 Å². The lowest BCUT2D eigenvalue weighted by Gasteiger charge is -2.07. The molecule has 2 aromatic heterocycles. The van der Waals surface area contributed by atoms with E-state index in [4.69, 9.17) is 9.47 Å². The van der Waals surface area contributed by atoms with Crippen molar-refractivity contribution in [3.8, 4) is 11.6 Å². The van der Waals surface area contributed by atoms with E-state index >= 15 is 0 Å². The number of aromatic nitrogens is 3. The minimum atomic E-state index is -0.612. The number of carbonyl (C=O) groups is 2. The lowest BCUT2D eigenvalue weighted by molar-refractivity contribution is -0.136. The van der Waals surface area contributed by atoms with Crippen molar-refractivity contribution in [2.24, 2.45) is 7.05 Å². The van der Waals surface area contributed by atoms with Crippen LogP contribution < -0.4 is 9.47 Å². The smallest absolute Gasteiger partial charge is 0.349 e. The topological polar surface area (TPSA) is 83.3 Å². The molecule has 0 aliphatic rings. The first-order chi connectivity index (χ1) is 15.3. The average Bonchev–Trinajstić information content (AvgIpc) is 3.08. The van der Waals surface area contributed by atoms with Crippen LogP contribution in [0.2, 0.25) is 0 Å². The number of carbonyl (C=O) groups excluding carboxylic acids is 2. The molecule has 0 amide bonds. The van der Waals surface area contributed by atoms with Crippen molar-refractivity contribution in [1.29, 1.82) is 0 Å². The summed E-state index contributed by atoms with van der Waals surface area (Å²) in [5, 5.41) is 5.04. The van der Waals surface area contributed by atoms with Crippen molar-refractivity contribution in [3.63, 3.8) is 0 Å². The van der Waals surface area contributed by atoms with Crippen LogP contribution in [0.15, 0.2) is 54.6 Å². The molecule has 0 spiro atoms. The van der Waals surface area contributed by atoms with Crippen molar-refractivity contribution in [2.75, 3.05) is 6.61 Å². The molecule has 0 fully saturated rings. The van der Waals surface area contributed by atoms with Gasteiger partial charge in [0.1, 0.15) is 11.6 Å². The zero-order valence-electron chi connectivity index (χ0n) is 17.8. The summed E-state index contributed by atoms with van der Waals surface area (Å²) in [7, 11) is 1.76. The molecule has 32 heavy (non-hydrogen) atoms. The van der Waals surface area contributed by atoms with E-state index in [1.807, 2.05) is 19.9 Å². The van der Waals surface area contributed by atoms with Gasteiger partial charge in [-0.25, -0.2) is 18.9 Å². The summed E-state index contributed by atoms with van der Waals surface area (Å²) in [4.78, 5) is 29.1. The molecule has 0 N–H and O–H groups in total. The highest BCUT2D eigenvalue weighted by atomic mass is 19.1. The van der Waals surface area contributed by atoms with Gasteiger partial charge in [-0.3, -0.25) is 4.79 Å². The molecule has 0 unspecified atom stereocenters. The fourth-order valence-corrected chi connectivity index (χ4v) is 3.38. The Morgan fingerprint density at radius 2 is 1.62 bits per heavy atom. The van der Waals surface area contributed by atoms with E-state index in [0.717, 1.165) is 16.6 Å². The Balaban J connectivity index is 1.40. The van der Waals surface area contributed by atoms with Crippen LogP contribution in [0.4, 0.5) is 4.39 Å². The van der Waals surface area contributed by atoms with E-state index < -0.39 is 11.8 Å². The highest BCUT2D eigenvalue weighted by molar-refractivity contribution is 6.09. The van der Waals surface area contributed by atoms with E-state index in [1.54, 1.807) is 23.9 Å². The molecule has 0 saturated heterocycles. The third-order valence-electron chi connectivity index (χ3n) is 4.87. The quantitative estimate of drug-likeness (QED) is 0.260. The molecular formula is C24H20FN3O4. The molecule has 0 aliphatic heterocycles. The zero-order valence-corrected chi connectivity index (χ0v) is 17.8. The molecule has 0 radical (unpaired) electrons. The summed E-state index contributed by atoms with van der Waals surface area (Å²) >= 11 is 0. The molecule has 0 bridgehead atoms. The predicted octanol–water partition coefficient (Wildman–Crippen LogP) is 3.94. The fourth-order valence-electron chi connectivity index (χ4n) is 3.38. The maximum absolute atomic E-state index is 13.0. The Hall–Kier alpha value is -4.07. The fraction of sp³-hybridized carbons (Fsp3) is 0.167. The number of ketones is 1. The normalized spacial score (nSPS) is 10.9. The van der Waals surface area contributed by atoms with Crippen LogP contribution in [-0.4, -0.2) is 33.1 Å². The van der Waals surface area contributed by atoms with Crippen LogP contribution >= 0.6 is 0 Å². The van der Waals surface area contributed by atoms with Gasteiger partial charge in [0.2, 0.25) is 5.88 Å². The number of hydrogen-bond donors (Lipinski definition) is 0. The Morgan fingerprint density at radius 1 is 1.00 bits per heavy atom. The highest BCUT2D eigenvalue weighted by Gasteiger charge is 2.16. The predicted molar refractivity (Wildman–Crippen MR) is 115 cm³/mol. The first-order valence-corrected chi connectivity index (χ1v) is 9.86. The molecule has 0 saturated carbocycles. The number of fused-ring (bicyclic) bond motifs is 1. The van der Waals surface area contributed by atoms with Crippen molar-refractivity contribution >= 4 is 22.8 Å². The number of benzene rings is 2. The molecular weight excluding hydrogens is 413 g/mol. The molecule has 8 heteroatoms. The monoisotopic (exact) mass is 433 g/mol. The SMILES string of the molecule is Cc1cc(C)c2c(OCC(=O)Oc3ccc(C(=O)c4ccc(F)cc4)cc3)nn(C)c2n1. The van der Waals surface area contributed by atoms with Gasteiger partial charge >= 0.3 is 5.97 Å². The van der Waals surface area contributed by atoms with E-state index in [0.29, 0.717) is 22.7 Å². The van der Waals surface area contributed by atoms with Crippen LogP contribution in [-0.2, 0) is 11.8 Å². The summed E-state index contributed by atoms with van der Waals surface area (Å²) < 4.78 is 25.5. The Kier molecular flexibility index (Phi) is 5.68. The first-order valence-electron chi connectivity index (χ1n) is 9.86. The summed E-state index contributed by atoms with van der Waals surface area (Å²) in [5.41, 5.74) is 3.25. The minimum Gasteiger partial charge on any atom is -0.464 e. The van der Waals surface area contributed by atoms with Gasteiger partial charge in [-0.05, 0) is 74.0 Å². The summed E-state index contributed by atoms with van der Waals surface area (Å²) in [6.45, 7) is 3.49. The second-order valence-electron chi connectivity index (χ2n) is 7.33. The van der Waals surface area contributed by atoms with E-state index in [-0.39, 0.29) is 18.1 Å². The van der Waals surface area contributed by atoms with E-state index in [2.05, 4.69) is 10.1 Å². The molecule has 2 aromatic carbocycles. The van der Waals surface area contributed by atoms with Gasteiger partial charge in [0.25, 0.3) is 0 Å². The Bertz CT molecular complexity index is 1310. The maximum atomic E-state index is 13.0. The van der Waals surface area contributed by atoms with Crippen LogP contribution in [0.1, 0.15) is 27.2 Å². The van der Waals surface area contributed by atoms with Gasteiger partial charge in [-0.15, -0.1) is 5.10 Å². The molecule has 4 aromatic rings. The standard InChI is InChI=1S/C24H20FN3O4/c1-14-12-15(2)26-23-21(14)24(27-28(23)3)31-13-20(29)32-19-10-6-17(7-11-19)22(30)16-4-8-18(25)9-5-16/h4-12H,13H2,1-3H3. The number of rotatable bonds is 6. The number of hydrogen-bond acceptors (Lipinski definition) is 6.